The molecule has 0 saturated carbocycles. The summed E-state index contributed by atoms with van der Waals surface area (Å²) in [5.41, 5.74) is 1.77. The minimum Gasteiger partial charge on any atom is -0.497 e. The van der Waals surface area contributed by atoms with Gasteiger partial charge in [0.1, 0.15) is 18.1 Å². The number of nitrogens with one attached hydrogen (secondary N) is 2. The molecule has 0 unspecified atom stereocenters. The number of hydrogen-bond donors (Lipinski definition) is 2. The molecule has 2 aromatic carbocycles. The van der Waals surface area contributed by atoms with Crippen LogP contribution < -0.4 is 20.1 Å². The molecule has 2 rings (SSSR count). The highest BCUT2D eigenvalue weighted by molar-refractivity contribution is 5.94. The van der Waals surface area contributed by atoms with Gasteiger partial charge in [-0.25, -0.2) is 0 Å². The summed E-state index contributed by atoms with van der Waals surface area (Å²) in [4.78, 5) is 18.1. The van der Waals surface area contributed by atoms with Gasteiger partial charge in [0, 0.05) is 33.3 Å². The van der Waals surface area contributed by atoms with Crippen molar-refractivity contribution in [2.75, 3.05) is 47.9 Å². The molecule has 1 amide bonds. The van der Waals surface area contributed by atoms with Crippen LogP contribution in [-0.2, 0) is 6.42 Å². The van der Waals surface area contributed by atoms with Crippen molar-refractivity contribution >= 4 is 11.9 Å². The average Bonchev–Trinajstić information content (AvgIpc) is 2.76. The van der Waals surface area contributed by atoms with Gasteiger partial charge in [0.15, 0.2) is 5.96 Å². The molecule has 2 aromatic rings. The van der Waals surface area contributed by atoms with E-state index in [0.29, 0.717) is 25.3 Å². The van der Waals surface area contributed by atoms with Crippen molar-refractivity contribution in [3.63, 3.8) is 0 Å². The number of carbonyl (C=O) groups is 1. The van der Waals surface area contributed by atoms with Crippen LogP contribution in [0, 0.1) is 0 Å². The summed E-state index contributed by atoms with van der Waals surface area (Å²) in [5.74, 6) is 2.33. The number of amides is 1. The highest BCUT2D eigenvalue weighted by atomic mass is 16.5. The van der Waals surface area contributed by atoms with E-state index in [1.807, 2.05) is 60.5 Å². The van der Waals surface area contributed by atoms with E-state index in [9.17, 15) is 4.79 Å². The summed E-state index contributed by atoms with van der Waals surface area (Å²) < 4.78 is 10.9. The Hall–Kier alpha value is -3.22. The van der Waals surface area contributed by atoms with Crippen LogP contribution in [0.15, 0.2) is 53.5 Å². The van der Waals surface area contributed by atoms with Gasteiger partial charge in [0.05, 0.1) is 13.7 Å². The van der Waals surface area contributed by atoms with Crippen LogP contribution in [0.3, 0.4) is 0 Å². The lowest BCUT2D eigenvalue weighted by atomic mass is 10.1. The monoisotopic (exact) mass is 398 g/mol. The molecule has 0 atom stereocenters. The minimum absolute atomic E-state index is 0.0767. The van der Waals surface area contributed by atoms with Gasteiger partial charge in [-0.3, -0.25) is 9.79 Å². The largest absolute Gasteiger partial charge is 0.497 e. The standard InChI is InChI=1S/C22H30N4O3/c1-23-21(27)18-7-5-6-17(16-18)12-13-25-22(24-2)26(3)14-15-29-20-10-8-19(28-4)9-11-20/h5-11,16H,12-15H2,1-4H3,(H,23,27)(H,24,25). The number of benzene rings is 2. The molecule has 29 heavy (non-hydrogen) atoms. The number of nitrogens with zero attached hydrogens (tertiary/aromatic N) is 2. The molecule has 0 spiro atoms. The first-order chi connectivity index (χ1) is 14.1. The van der Waals surface area contributed by atoms with Gasteiger partial charge in [-0.1, -0.05) is 12.1 Å². The Labute approximate surface area is 172 Å². The molecule has 0 heterocycles. The van der Waals surface area contributed by atoms with Crippen LogP contribution in [0.4, 0.5) is 0 Å². The SMILES string of the molecule is CN=C(NCCc1cccc(C(=O)NC)c1)N(C)CCOc1ccc(OC)cc1. The number of aliphatic imine (C=N–C) groups is 1. The van der Waals surface area contributed by atoms with Crippen molar-refractivity contribution < 1.29 is 14.3 Å². The van der Waals surface area contributed by atoms with E-state index in [2.05, 4.69) is 15.6 Å². The number of likely N-dealkylation sites (N-methyl/N-ethyl adjacent to an activating group) is 1. The van der Waals surface area contributed by atoms with Crippen molar-refractivity contribution in [3.05, 3.63) is 59.7 Å². The predicted octanol–water partition coefficient (Wildman–Crippen LogP) is 2.18. The molecular weight excluding hydrogens is 368 g/mol. The Kier molecular flexibility index (Phi) is 8.82. The Morgan fingerprint density at radius 2 is 1.86 bits per heavy atom. The van der Waals surface area contributed by atoms with Crippen molar-refractivity contribution in [2.45, 2.75) is 6.42 Å². The molecule has 2 N–H and O–H groups in total. The van der Waals surface area contributed by atoms with E-state index < -0.39 is 0 Å². The van der Waals surface area contributed by atoms with Crippen LogP contribution in [0.25, 0.3) is 0 Å². The van der Waals surface area contributed by atoms with Gasteiger partial charge in [-0.2, -0.15) is 0 Å². The molecule has 0 aliphatic rings. The molecule has 0 aliphatic carbocycles. The summed E-state index contributed by atoms with van der Waals surface area (Å²) in [5, 5.41) is 5.99. The lowest BCUT2D eigenvalue weighted by Gasteiger charge is -2.22. The zero-order chi connectivity index (χ0) is 21.1. The third-order valence-corrected chi connectivity index (χ3v) is 4.44. The third kappa shape index (κ3) is 7.03. The summed E-state index contributed by atoms with van der Waals surface area (Å²) in [7, 11) is 7.01. The first-order valence-electron chi connectivity index (χ1n) is 9.57. The molecule has 7 heteroatoms. The zero-order valence-corrected chi connectivity index (χ0v) is 17.6. The van der Waals surface area contributed by atoms with Gasteiger partial charge in [0.25, 0.3) is 5.91 Å². The number of methoxy groups -OCH3 is 1. The molecule has 0 radical (unpaired) electrons. The molecule has 0 fully saturated rings. The first-order valence-corrected chi connectivity index (χ1v) is 9.57. The summed E-state index contributed by atoms with van der Waals surface area (Å²) in [6.07, 6.45) is 0.792. The quantitative estimate of drug-likeness (QED) is 0.500. The number of ether oxygens (including phenoxy) is 2. The highest BCUT2D eigenvalue weighted by Gasteiger charge is 2.07. The second-order valence-corrected chi connectivity index (χ2v) is 6.45. The Morgan fingerprint density at radius 3 is 2.52 bits per heavy atom. The topological polar surface area (TPSA) is 75.2 Å². The molecule has 156 valence electrons. The van der Waals surface area contributed by atoms with Gasteiger partial charge >= 0.3 is 0 Å². The van der Waals surface area contributed by atoms with E-state index in [1.165, 1.54) is 0 Å². The average molecular weight is 399 g/mol. The van der Waals surface area contributed by atoms with E-state index in [0.717, 1.165) is 29.4 Å². The maximum absolute atomic E-state index is 11.7. The van der Waals surface area contributed by atoms with E-state index in [4.69, 9.17) is 9.47 Å². The molecule has 0 bridgehead atoms. The second kappa shape index (κ2) is 11.6. The summed E-state index contributed by atoms with van der Waals surface area (Å²) in [6, 6.07) is 15.2. The van der Waals surface area contributed by atoms with Crippen LogP contribution in [0.2, 0.25) is 0 Å². The summed E-state index contributed by atoms with van der Waals surface area (Å²) >= 11 is 0. The van der Waals surface area contributed by atoms with Crippen molar-refractivity contribution in [3.8, 4) is 11.5 Å². The second-order valence-electron chi connectivity index (χ2n) is 6.45. The van der Waals surface area contributed by atoms with Crippen LogP contribution >= 0.6 is 0 Å². The number of hydrogen-bond acceptors (Lipinski definition) is 4. The molecule has 0 aromatic heterocycles. The first kappa shape index (κ1) is 22.1. The smallest absolute Gasteiger partial charge is 0.251 e. The van der Waals surface area contributed by atoms with Crippen molar-refractivity contribution in [1.29, 1.82) is 0 Å². The maximum Gasteiger partial charge on any atom is 0.251 e. The van der Waals surface area contributed by atoms with Gasteiger partial charge in [-0.15, -0.1) is 0 Å². The minimum atomic E-state index is -0.0767. The van der Waals surface area contributed by atoms with Crippen LogP contribution in [0.5, 0.6) is 11.5 Å². The van der Waals surface area contributed by atoms with E-state index in [1.54, 1.807) is 21.2 Å². The van der Waals surface area contributed by atoms with Crippen molar-refractivity contribution in [1.82, 2.24) is 15.5 Å². The molecule has 7 nitrogen and oxygen atoms in total. The molecule has 0 aliphatic heterocycles. The zero-order valence-electron chi connectivity index (χ0n) is 17.6. The Balaban J connectivity index is 1.76. The van der Waals surface area contributed by atoms with Crippen LogP contribution in [-0.4, -0.2) is 64.7 Å². The fourth-order valence-corrected chi connectivity index (χ4v) is 2.79. The van der Waals surface area contributed by atoms with Gasteiger partial charge < -0.3 is 25.0 Å². The Bertz CT molecular complexity index is 806. The highest BCUT2D eigenvalue weighted by Crippen LogP contribution is 2.16. The number of guanidine groups is 1. The maximum atomic E-state index is 11.7. The summed E-state index contributed by atoms with van der Waals surface area (Å²) in [6.45, 7) is 1.95. The number of carbonyl (C=O) groups excluding carboxylic acids is 1. The third-order valence-electron chi connectivity index (χ3n) is 4.44. The fourth-order valence-electron chi connectivity index (χ4n) is 2.79. The fraction of sp³-hybridized carbons (Fsp3) is 0.364. The lowest BCUT2D eigenvalue weighted by molar-refractivity contribution is 0.0963. The van der Waals surface area contributed by atoms with E-state index in [-0.39, 0.29) is 5.91 Å². The van der Waals surface area contributed by atoms with E-state index >= 15 is 0 Å². The normalized spacial score (nSPS) is 11.0. The molecular formula is C22H30N4O3. The van der Waals surface area contributed by atoms with Gasteiger partial charge in [-0.05, 0) is 48.4 Å². The predicted molar refractivity (Wildman–Crippen MR) is 116 cm³/mol. The number of rotatable bonds is 9. The Morgan fingerprint density at radius 1 is 1.14 bits per heavy atom. The van der Waals surface area contributed by atoms with Crippen molar-refractivity contribution in [2.24, 2.45) is 4.99 Å². The van der Waals surface area contributed by atoms with Crippen LogP contribution in [0.1, 0.15) is 15.9 Å². The lowest BCUT2D eigenvalue weighted by Crippen LogP contribution is -2.41. The molecule has 0 saturated heterocycles. The van der Waals surface area contributed by atoms with Gasteiger partial charge in [0.2, 0.25) is 0 Å².